The lowest BCUT2D eigenvalue weighted by molar-refractivity contribution is -0.156. The first-order valence-electron chi connectivity index (χ1n) is 11.0. The quantitative estimate of drug-likeness (QED) is 0.450. The number of carbonyl (C=O) groups is 4. The molecule has 0 radical (unpaired) electrons. The Labute approximate surface area is 185 Å². The van der Waals surface area contributed by atoms with E-state index in [2.05, 4.69) is 20.7 Å². The molecule has 3 aliphatic rings. The van der Waals surface area contributed by atoms with Crippen LogP contribution in [0.25, 0.3) is 0 Å². The van der Waals surface area contributed by atoms with E-state index in [4.69, 9.17) is 0 Å². The van der Waals surface area contributed by atoms with E-state index in [1.807, 2.05) is 6.07 Å². The lowest BCUT2D eigenvalue weighted by atomic mass is 9.94. The molecular formula is C22H28N4O6. The number of esters is 1. The van der Waals surface area contributed by atoms with Gasteiger partial charge in [0, 0.05) is 24.7 Å². The molecule has 32 heavy (non-hydrogen) atoms. The molecular weight excluding hydrogens is 416 g/mol. The second kappa shape index (κ2) is 9.66. The average molecular weight is 444 g/mol. The first kappa shape index (κ1) is 22.2. The Morgan fingerprint density at radius 1 is 1.06 bits per heavy atom. The predicted octanol–water partition coefficient (Wildman–Crippen LogP) is -0.722. The highest BCUT2D eigenvalue weighted by Crippen LogP contribution is 2.23. The van der Waals surface area contributed by atoms with Crippen LogP contribution in [0.2, 0.25) is 0 Å². The maximum absolute atomic E-state index is 13.5. The molecule has 5 atom stereocenters. The Kier molecular flexibility index (Phi) is 6.71. The normalized spacial score (nSPS) is 30.5. The van der Waals surface area contributed by atoms with Crippen LogP contribution in [-0.2, 0) is 19.1 Å². The number of aliphatic hydroxyl groups is 1. The molecule has 1 aromatic rings. The first-order chi connectivity index (χ1) is 15.4. The number of fused-ring (bicyclic) bond motifs is 1. The molecule has 0 bridgehead atoms. The van der Waals surface area contributed by atoms with Crippen molar-refractivity contribution in [1.29, 1.82) is 0 Å². The summed E-state index contributed by atoms with van der Waals surface area (Å²) >= 11 is 0. The highest BCUT2D eigenvalue weighted by molar-refractivity contribution is 5.98. The second-order valence-corrected chi connectivity index (χ2v) is 8.45. The Balaban J connectivity index is 1.51. The predicted molar refractivity (Wildman–Crippen MR) is 112 cm³/mol. The van der Waals surface area contributed by atoms with Gasteiger partial charge < -0.3 is 30.7 Å². The lowest BCUT2D eigenvalue weighted by Gasteiger charge is -2.44. The molecule has 1 aromatic carbocycles. The molecule has 3 saturated heterocycles. The fourth-order valence-electron chi connectivity index (χ4n) is 4.57. The van der Waals surface area contributed by atoms with Crippen molar-refractivity contribution >= 4 is 23.7 Å². The molecule has 0 saturated carbocycles. The standard InChI is InChI=1S/C22H28N4O6/c27-18-10-16(22(31)32-18)25-20(29)17-12-23-11-14-8-4-5-9-15(21(30)26(14)17)24-19(28)13-6-2-1-3-7-13/h1-3,6-7,14-17,22-23,31H,4-5,8-12H2,(H,24,28)(H,25,29). The van der Waals surface area contributed by atoms with Crippen LogP contribution in [0.15, 0.2) is 30.3 Å². The van der Waals surface area contributed by atoms with Crippen molar-refractivity contribution in [3.8, 4) is 0 Å². The van der Waals surface area contributed by atoms with Crippen molar-refractivity contribution in [3.63, 3.8) is 0 Å². The number of benzene rings is 1. The van der Waals surface area contributed by atoms with E-state index in [1.54, 1.807) is 29.2 Å². The topological polar surface area (TPSA) is 137 Å². The number of nitrogens with zero attached hydrogens (tertiary/aromatic N) is 1. The van der Waals surface area contributed by atoms with E-state index in [1.165, 1.54) is 0 Å². The number of nitrogens with one attached hydrogen (secondary N) is 3. The number of rotatable bonds is 4. The van der Waals surface area contributed by atoms with Crippen molar-refractivity contribution in [2.75, 3.05) is 13.1 Å². The van der Waals surface area contributed by atoms with Gasteiger partial charge in [-0.15, -0.1) is 0 Å². The van der Waals surface area contributed by atoms with Crippen LogP contribution >= 0.6 is 0 Å². The maximum atomic E-state index is 13.5. The largest absolute Gasteiger partial charge is 0.434 e. The van der Waals surface area contributed by atoms with Crippen molar-refractivity contribution in [2.24, 2.45) is 0 Å². The number of cyclic esters (lactones) is 1. The van der Waals surface area contributed by atoms with Crippen LogP contribution in [0.3, 0.4) is 0 Å². The summed E-state index contributed by atoms with van der Waals surface area (Å²) in [6.45, 7) is 0.799. The SMILES string of the molecule is O=C1CC(NC(=O)C2CNCC3CCCCC(NC(=O)c4ccccc4)C(=O)N32)C(O)O1. The second-order valence-electron chi connectivity index (χ2n) is 8.45. The molecule has 0 aromatic heterocycles. The number of piperazine rings is 1. The van der Waals surface area contributed by atoms with Crippen LogP contribution in [-0.4, -0.2) is 77.2 Å². The van der Waals surface area contributed by atoms with Crippen molar-refractivity contribution < 1.29 is 29.0 Å². The van der Waals surface area contributed by atoms with E-state index in [9.17, 15) is 24.3 Å². The summed E-state index contributed by atoms with van der Waals surface area (Å²) in [6.07, 6.45) is 1.37. The highest BCUT2D eigenvalue weighted by Gasteiger charge is 2.43. The summed E-state index contributed by atoms with van der Waals surface area (Å²) in [5.74, 6) is -1.68. The summed E-state index contributed by atoms with van der Waals surface area (Å²) in [5, 5.41) is 18.5. The molecule has 5 unspecified atom stereocenters. The molecule has 4 N–H and O–H groups in total. The number of carbonyl (C=O) groups excluding carboxylic acids is 4. The summed E-state index contributed by atoms with van der Waals surface area (Å²) in [4.78, 5) is 52.2. The fraction of sp³-hybridized carbons (Fsp3) is 0.545. The average Bonchev–Trinajstić information content (AvgIpc) is 3.10. The van der Waals surface area contributed by atoms with E-state index in [0.717, 1.165) is 19.3 Å². The van der Waals surface area contributed by atoms with Gasteiger partial charge in [0.05, 0.1) is 6.42 Å². The van der Waals surface area contributed by atoms with Gasteiger partial charge in [-0.05, 0) is 25.0 Å². The van der Waals surface area contributed by atoms with Gasteiger partial charge in [-0.2, -0.15) is 0 Å². The Morgan fingerprint density at radius 2 is 1.81 bits per heavy atom. The minimum absolute atomic E-state index is 0.125. The van der Waals surface area contributed by atoms with Crippen LogP contribution in [0.5, 0.6) is 0 Å². The van der Waals surface area contributed by atoms with Gasteiger partial charge in [0.25, 0.3) is 5.91 Å². The van der Waals surface area contributed by atoms with E-state index < -0.39 is 36.3 Å². The first-order valence-corrected chi connectivity index (χ1v) is 11.0. The lowest BCUT2D eigenvalue weighted by Crippen LogP contribution is -2.67. The Bertz CT molecular complexity index is 878. The minimum atomic E-state index is -1.40. The van der Waals surface area contributed by atoms with Crippen molar-refractivity contribution in [1.82, 2.24) is 20.9 Å². The van der Waals surface area contributed by atoms with Crippen LogP contribution in [0.4, 0.5) is 0 Å². The third-order valence-corrected chi connectivity index (χ3v) is 6.23. The van der Waals surface area contributed by atoms with E-state index in [-0.39, 0.29) is 30.8 Å². The molecule has 10 nitrogen and oxygen atoms in total. The summed E-state index contributed by atoms with van der Waals surface area (Å²) in [7, 11) is 0. The Morgan fingerprint density at radius 3 is 2.53 bits per heavy atom. The van der Waals surface area contributed by atoms with E-state index >= 15 is 0 Å². The number of hydrogen-bond donors (Lipinski definition) is 4. The van der Waals surface area contributed by atoms with Gasteiger partial charge in [-0.3, -0.25) is 19.2 Å². The van der Waals surface area contributed by atoms with Crippen molar-refractivity contribution in [3.05, 3.63) is 35.9 Å². The van der Waals surface area contributed by atoms with Gasteiger partial charge in [0.1, 0.15) is 18.1 Å². The zero-order valence-electron chi connectivity index (χ0n) is 17.7. The zero-order valence-corrected chi connectivity index (χ0v) is 17.7. The maximum Gasteiger partial charge on any atom is 0.310 e. The van der Waals surface area contributed by atoms with Crippen LogP contribution in [0.1, 0.15) is 42.5 Å². The monoisotopic (exact) mass is 444 g/mol. The molecule has 3 fully saturated rings. The van der Waals surface area contributed by atoms with E-state index in [0.29, 0.717) is 18.5 Å². The smallest absolute Gasteiger partial charge is 0.310 e. The molecule has 3 heterocycles. The molecule has 10 heteroatoms. The van der Waals surface area contributed by atoms with Gasteiger partial charge in [-0.25, -0.2) is 0 Å². The molecule has 4 rings (SSSR count). The number of amides is 3. The third kappa shape index (κ3) is 4.76. The molecule has 0 aliphatic carbocycles. The molecule has 3 amide bonds. The zero-order chi connectivity index (χ0) is 22.7. The summed E-state index contributed by atoms with van der Waals surface area (Å²) in [6, 6.07) is 6.10. The van der Waals surface area contributed by atoms with Gasteiger partial charge >= 0.3 is 5.97 Å². The highest BCUT2D eigenvalue weighted by atomic mass is 16.6. The Hall–Kier alpha value is -2.98. The summed E-state index contributed by atoms with van der Waals surface area (Å²) in [5.41, 5.74) is 0.466. The number of hydrogen-bond acceptors (Lipinski definition) is 7. The van der Waals surface area contributed by atoms with Gasteiger partial charge in [0.2, 0.25) is 18.1 Å². The molecule has 172 valence electrons. The van der Waals surface area contributed by atoms with Gasteiger partial charge in [0.15, 0.2) is 0 Å². The fourth-order valence-corrected chi connectivity index (χ4v) is 4.57. The number of ether oxygens (including phenoxy) is 1. The summed E-state index contributed by atoms with van der Waals surface area (Å²) < 4.78 is 4.69. The van der Waals surface area contributed by atoms with Gasteiger partial charge in [-0.1, -0.05) is 31.0 Å². The minimum Gasteiger partial charge on any atom is -0.434 e. The molecule has 0 spiro atoms. The van der Waals surface area contributed by atoms with Crippen molar-refractivity contribution in [2.45, 2.75) is 62.6 Å². The number of aliphatic hydroxyl groups excluding tert-OH is 1. The molecule has 3 aliphatic heterocycles. The van der Waals surface area contributed by atoms with Crippen LogP contribution < -0.4 is 16.0 Å². The third-order valence-electron chi connectivity index (χ3n) is 6.23. The van der Waals surface area contributed by atoms with Crippen LogP contribution in [0, 0.1) is 0 Å².